The lowest BCUT2D eigenvalue weighted by molar-refractivity contribution is 0.0160. The Morgan fingerprint density at radius 2 is 2.28 bits per heavy atom. The predicted molar refractivity (Wildman–Crippen MR) is 67.6 cm³/mol. The van der Waals surface area contributed by atoms with E-state index < -0.39 is 0 Å². The molecule has 1 N–H and O–H groups in total. The topological polar surface area (TPSA) is 62.4 Å². The van der Waals surface area contributed by atoms with Gasteiger partial charge in [0.25, 0.3) is 5.91 Å². The number of rotatable bonds is 2. The SMILES string of the molecule is COC1CCN(C(=O)c2ccc(=O)[nH]c2)C(C)C1. The summed E-state index contributed by atoms with van der Waals surface area (Å²) in [6.45, 7) is 2.71. The van der Waals surface area contributed by atoms with E-state index in [-0.39, 0.29) is 23.6 Å². The van der Waals surface area contributed by atoms with Gasteiger partial charge in [0.05, 0.1) is 11.7 Å². The lowest BCUT2D eigenvalue weighted by atomic mass is 10.00. The fourth-order valence-electron chi connectivity index (χ4n) is 2.35. The number of carbonyl (C=O) groups is 1. The van der Waals surface area contributed by atoms with E-state index in [1.165, 1.54) is 12.3 Å². The second-order valence-electron chi connectivity index (χ2n) is 4.67. The Morgan fingerprint density at radius 3 is 2.83 bits per heavy atom. The molecule has 0 spiro atoms. The van der Waals surface area contributed by atoms with Gasteiger partial charge < -0.3 is 14.6 Å². The Balaban J connectivity index is 2.10. The molecule has 0 aliphatic carbocycles. The van der Waals surface area contributed by atoms with E-state index in [9.17, 15) is 9.59 Å². The van der Waals surface area contributed by atoms with Crippen molar-refractivity contribution in [2.45, 2.75) is 31.9 Å². The van der Waals surface area contributed by atoms with Crippen LogP contribution in [0.5, 0.6) is 0 Å². The number of aromatic nitrogens is 1. The molecular weight excluding hydrogens is 232 g/mol. The molecule has 1 amide bonds. The summed E-state index contributed by atoms with van der Waals surface area (Å²) in [5.74, 6) is -0.0340. The number of methoxy groups -OCH3 is 1. The zero-order valence-electron chi connectivity index (χ0n) is 10.7. The van der Waals surface area contributed by atoms with E-state index in [1.807, 2.05) is 11.8 Å². The van der Waals surface area contributed by atoms with Gasteiger partial charge in [-0.25, -0.2) is 0 Å². The largest absolute Gasteiger partial charge is 0.381 e. The van der Waals surface area contributed by atoms with Crippen LogP contribution in [0.3, 0.4) is 0 Å². The van der Waals surface area contributed by atoms with Crippen LogP contribution in [-0.2, 0) is 4.74 Å². The number of hydrogen-bond acceptors (Lipinski definition) is 3. The highest BCUT2D eigenvalue weighted by molar-refractivity contribution is 5.94. The summed E-state index contributed by atoms with van der Waals surface area (Å²) in [6, 6.07) is 3.10. The van der Waals surface area contributed by atoms with Gasteiger partial charge >= 0.3 is 0 Å². The number of nitrogens with zero attached hydrogens (tertiary/aromatic N) is 1. The van der Waals surface area contributed by atoms with Gasteiger partial charge in [-0.3, -0.25) is 9.59 Å². The summed E-state index contributed by atoms with van der Waals surface area (Å²) >= 11 is 0. The van der Waals surface area contributed by atoms with Crippen LogP contribution in [0.25, 0.3) is 0 Å². The minimum absolute atomic E-state index is 0.0340. The molecule has 1 aliphatic heterocycles. The van der Waals surface area contributed by atoms with Crippen LogP contribution in [0.4, 0.5) is 0 Å². The van der Waals surface area contributed by atoms with Crippen LogP contribution in [0.2, 0.25) is 0 Å². The van der Waals surface area contributed by atoms with Gasteiger partial charge in [0, 0.05) is 32.0 Å². The zero-order chi connectivity index (χ0) is 13.1. The van der Waals surface area contributed by atoms with Crippen LogP contribution in [0.1, 0.15) is 30.1 Å². The fraction of sp³-hybridized carbons (Fsp3) is 0.538. The molecule has 5 nitrogen and oxygen atoms in total. The number of ether oxygens (including phenoxy) is 1. The van der Waals surface area contributed by atoms with Gasteiger partial charge in [-0.2, -0.15) is 0 Å². The Kier molecular flexibility index (Phi) is 3.81. The second kappa shape index (κ2) is 5.35. The minimum Gasteiger partial charge on any atom is -0.381 e. The van der Waals surface area contributed by atoms with Crippen molar-refractivity contribution in [1.29, 1.82) is 0 Å². The molecule has 2 unspecified atom stereocenters. The molecule has 1 aliphatic rings. The van der Waals surface area contributed by atoms with Gasteiger partial charge in [-0.15, -0.1) is 0 Å². The van der Waals surface area contributed by atoms with Crippen molar-refractivity contribution >= 4 is 5.91 Å². The highest BCUT2D eigenvalue weighted by Crippen LogP contribution is 2.21. The molecule has 0 bridgehead atoms. The molecule has 98 valence electrons. The molecule has 0 radical (unpaired) electrons. The first-order chi connectivity index (χ1) is 8.61. The van der Waals surface area contributed by atoms with Gasteiger partial charge in [-0.05, 0) is 25.8 Å². The molecule has 1 aromatic rings. The maximum Gasteiger partial charge on any atom is 0.255 e. The number of nitrogens with one attached hydrogen (secondary N) is 1. The predicted octanol–water partition coefficient (Wildman–Crippen LogP) is 1.01. The lowest BCUT2D eigenvalue weighted by Crippen LogP contribution is -2.46. The lowest BCUT2D eigenvalue weighted by Gasteiger charge is -2.37. The average molecular weight is 250 g/mol. The fourth-order valence-corrected chi connectivity index (χ4v) is 2.35. The third-order valence-corrected chi connectivity index (χ3v) is 3.45. The van der Waals surface area contributed by atoms with E-state index in [1.54, 1.807) is 13.2 Å². The minimum atomic E-state index is -0.197. The Hall–Kier alpha value is -1.62. The maximum atomic E-state index is 12.3. The number of H-pyrrole nitrogens is 1. The van der Waals surface area contributed by atoms with Crippen LogP contribution in [0, 0.1) is 0 Å². The molecular formula is C13H18N2O3. The Morgan fingerprint density at radius 1 is 1.50 bits per heavy atom. The highest BCUT2D eigenvalue weighted by Gasteiger charge is 2.29. The van der Waals surface area contributed by atoms with Crippen molar-refractivity contribution < 1.29 is 9.53 Å². The normalized spacial score (nSPS) is 24.0. The quantitative estimate of drug-likeness (QED) is 0.852. The second-order valence-corrected chi connectivity index (χ2v) is 4.67. The first kappa shape index (κ1) is 12.8. The van der Waals surface area contributed by atoms with Crippen molar-refractivity contribution in [2.24, 2.45) is 0 Å². The molecule has 1 saturated heterocycles. The van der Waals surface area contributed by atoms with Crippen LogP contribution < -0.4 is 5.56 Å². The standard InChI is InChI=1S/C13H18N2O3/c1-9-7-11(18-2)5-6-15(9)13(17)10-3-4-12(16)14-8-10/h3-4,8-9,11H,5-7H2,1-2H3,(H,14,16). The smallest absolute Gasteiger partial charge is 0.255 e. The highest BCUT2D eigenvalue weighted by atomic mass is 16.5. The molecule has 0 aromatic carbocycles. The summed E-state index contributed by atoms with van der Waals surface area (Å²) in [5.41, 5.74) is 0.329. The Labute approximate surface area is 106 Å². The third-order valence-electron chi connectivity index (χ3n) is 3.45. The molecule has 2 rings (SSSR count). The van der Waals surface area contributed by atoms with Crippen molar-refractivity contribution in [3.05, 3.63) is 34.2 Å². The van der Waals surface area contributed by atoms with Crippen molar-refractivity contribution in [3.63, 3.8) is 0 Å². The number of hydrogen-bond donors (Lipinski definition) is 1. The Bertz CT molecular complexity index is 463. The monoisotopic (exact) mass is 250 g/mol. The third kappa shape index (κ3) is 2.61. The van der Waals surface area contributed by atoms with Crippen molar-refractivity contribution in [3.8, 4) is 0 Å². The number of carbonyl (C=O) groups excluding carboxylic acids is 1. The number of piperidine rings is 1. The number of likely N-dealkylation sites (tertiary alicyclic amines) is 1. The van der Waals surface area contributed by atoms with E-state index in [0.717, 1.165) is 12.8 Å². The summed E-state index contributed by atoms with van der Waals surface area (Å²) in [4.78, 5) is 27.6. The first-order valence-corrected chi connectivity index (χ1v) is 6.14. The van der Waals surface area contributed by atoms with E-state index in [0.29, 0.717) is 12.1 Å². The summed E-state index contributed by atoms with van der Waals surface area (Å²) in [7, 11) is 1.71. The summed E-state index contributed by atoms with van der Waals surface area (Å²) in [6.07, 6.45) is 3.42. The molecule has 5 heteroatoms. The van der Waals surface area contributed by atoms with Gasteiger partial charge in [0.2, 0.25) is 5.56 Å². The van der Waals surface area contributed by atoms with Crippen LogP contribution in [-0.4, -0.2) is 41.6 Å². The van der Waals surface area contributed by atoms with Gasteiger partial charge in [0.1, 0.15) is 0 Å². The molecule has 2 atom stereocenters. The number of aromatic amines is 1. The van der Waals surface area contributed by atoms with E-state index in [4.69, 9.17) is 4.74 Å². The van der Waals surface area contributed by atoms with Gasteiger partial charge in [0.15, 0.2) is 0 Å². The van der Waals surface area contributed by atoms with Crippen molar-refractivity contribution in [1.82, 2.24) is 9.88 Å². The average Bonchev–Trinajstić information content (AvgIpc) is 2.38. The van der Waals surface area contributed by atoms with E-state index in [2.05, 4.69) is 4.98 Å². The molecule has 18 heavy (non-hydrogen) atoms. The van der Waals surface area contributed by atoms with Crippen molar-refractivity contribution in [2.75, 3.05) is 13.7 Å². The van der Waals surface area contributed by atoms with Crippen LogP contribution >= 0.6 is 0 Å². The first-order valence-electron chi connectivity index (χ1n) is 6.14. The molecule has 0 saturated carbocycles. The number of pyridine rings is 1. The summed E-state index contributed by atoms with van der Waals surface area (Å²) in [5, 5.41) is 0. The van der Waals surface area contributed by atoms with Crippen LogP contribution in [0.15, 0.2) is 23.1 Å². The maximum absolute atomic E-state index is 12.3. The molecule has 2 heterocycles. The zero-order valence-corrected chi connectivity index (χ0v) is 10.7. The van der Waals surface area contributed by atoms with Gasteiger partial charge in [-0.1, -0.05) is 0 Å². The molecule has 1 fully saturated rings. The van der Waals surface area contributed by atoms with E-state index >= 15 is 0 Å². The summed E-state index contributed by atoms with van der Waals surface area (Å²) < 4.78 is 5.33. The molecule has 1 aromatic heterocycles. The number of amides is 1.